The molecule has 0 saturated carbocycles. The summed E-state index contributed by atoms with van der Waals surface area (Å²) >= 11 is 1.41. The van der Waals surface area contributed by atoms with Gasteiger partial charge in [0.2, 0.25) is 0 Å². The molecule has 0 amide bonds. The van der Waals surface area contributed by atoms with Crippen LogP contribution in [0.1, 0.15) is 4.88 Å². The van der Waals surface area contributed by atoms with Crippen LogP contribution in [0.4, 0.5) is 5.69 Å². The van der Waals surface area contributed by atoms with Crippen molar-refractivity contribution in [1.29, 1.82) is 5.26 Å². The maximum Gasteiger partial charge on any atom is 0.110 e. The molecular weight excluding hydrogens is 208 g/mol. The van der Waals surface area contributed by atoms with Crippen LogP contribution >= 0.6 is 11.3 Å². The number of anilines is 1. The van der Waals surface area contributed by atoms with Gasteiger partial charge in [-0.1, -0.05) is 0 Å². The quantitative estimate of drug-likeness (QED) is 0.594. The van der Waals surface area contributed by atoms with Gasteiger partial charge in [0, 0.05) is 6.20 Å². The molecule has 2 rings (SSSR count). The van der Waals surface area contributed by atoms with Crippen LogP contribution in [0.5, 0.6) is 0 Å². The number of nitrogens with zero attached hydrogens (tertiary/aromatic N) is 2. The topological polar surface area (TPSA) is 74.7 Å². The van der Waals surface area contributed by atoms with Crippen molar-refractivity contribution in [2.45, 2.75) is 0 Å². The zero-order valence-electron chi connectivity index (χ0n) is 7.77. The average molecular weight is 216 g/mol. The van der Waals surface area contributed by atoms with E-state index >= 15 is 0 Å². The minimum absolute atomic E-state index is 0.679. The van der Waals surface area contributed by atoms with E-state index in [9.17, 15) is 0 Å². The lowest BCUT2D eigenvalue weighted by molar-refractivity contribution is 1.29. The third-order valence-electron chi connectivity index (χ3n) is 1.90. The molecule has 0 aromatic carbocycles. The second kappa shape index (κ2) is 4.09. The van der Waals surface area contributed by atoms with Crippen molar-refractivity contribution in [2.24, 2.45) is 5.84 Å². The standard InChI is InChI=1S/C10H8N4S/c11-6-8-1-2-10(15-8)9-5-7(14-12)3-4-13-9/h1-5H,12H2,(H,13,14). The smallest absolute Gasteiger partial charge is 0.110 e. The Hall–Kier alpha value is -1.90. The van der Waals surface area contributed by atoms with Crippen LogP contribution in [0, 0.1) is 11.3 Å². The number of nitrogens with one attached hydrogen (secondary N) is 1. The molecule has 2 heterocycles. The summed E-state index contributed by atoms with van der Waals surface area (Å²) < 4.78 is 0. The van der Waals surface area contributed by atoms with Crippen molar-refractivity contribution in [1.82, 2.24) is 4.98 Å². The van der Waals surface area contributed by atoms with Gasteiger partial charge in [0.25, 0.3) is 0 Å². The van der Waals surface area contributed by atoms with Crippen molar-refractivity contribution in [3.8, 4) is 16.6 Å². The van der Waals surface area contributed by atoms with E-state index in [2.05, 4.69) is 16.5 Å². The molecule has 2 aromatic heterocycles. The first-order chi connectivity index (χ1) is 7.33. The SMILES string of the molecule is N#Cc1ccc(-c2cc(NN)ccn2)s1. The summed E-state index contributed by atoms with van der Waals surface area (Å²) in [4.78, 5) is 5.85. The summed E-state index contributed by atoms with van der Waals surface area (Å²) in [6, 6.07) is 9.38. The van der Waals surface area contributed by atoms with Crippen LogP contribution in [0.25, 0.3) is 10.6 Å². The molecule has 0 bridgehead atoms. The van der Waals surface area contributed by atoms with Gasteiger partial charge in [-0.2, -0.15) is 5.26 Å². The fraction of sp³-hybridized carbons (Fsp3) is 0. The summed E-state index contributed by atoms with van der Waals surface area (Å²) in [5.41, 5.74) is 4.17. The second-order valence-electron chi connectivity index (χ2n) is 2.85. The number of pyridine rings is 1. The summed E-state index contributed by atoms with van der Waals surface area (Å²) in [6.07, 6.45) is 1.68. The normalized spacial score (nSPS) is 9.60. The fourth-order valence-corrected chi connectivity index (χ4v) is 1.96. The van der Waals surface area contributed by atoms with Gasteiger partial charge in [-0.25, -0.2) is 0 Å². The van der Waals surface area contributed by atoms with E-state index in [0.717, 1.165) is 16.3 Å². The highest BCUT2D eigenvalue weighted by atomic mass is 32.1. The molecule has 0 atom stereocenters. The van der Waals surface area contributed by atoms with Crippen molar-refractivity contribution in [3.05, 3.63) is 35.3 Å². The average Bonchev–Trinajstić information content (AvgIpc) is 2.78. The van der Waals surface area contributed by atoms with Crippen LogP contribution in [-0.2, 0) is 0 Å². The summed E-state index contributed by atoms with van der Waals surface area (Å²) in [5, 5.41) is 8.71. The van der Waals surface area contributed by atoms with E-state index in [4.69, 9.17) is 11.1 Å². The molecule has 0 saturated heterocycles. The van der Waals surface area contributed by atoms with E-state index in [1.807, 2.05) is 12.1 Å². The van der Waals surface area contributed by atoms with E-state index in [-0.39, 0.29) is 0 Å². The molecule has 0 spiro atoms. The molecule has 2 aromatic rings. The van der Waals surface area contributed by atoms with Gasteiger partial charge < -0.3 is 5.43 Å². The molecule has 0 aliphatic carbocycles. The molecule has 0 aliphatic rings. The second-order valence-corrected chi connectivity index (χ2v) is 3.93. The Morgan fingerprint density at radius 3 is 2.93 bits per heavy atom. The molecular formula is C10H8N4S. The maximum atomic E-state index is 8.71. The van der Waals surface area contributed by atoms with Crippen molar-refractivity contribution < 1.29 is 0 Å². The number of thiophene rings is 1. The number of nitriles is 1. The zero-order chi connectivity index (χ0) is 10.7. The van der Waals surface area contributed by atoms with E-state index in [0.29, 0.717) is 4.88 Å². The molecule has 5 heteroatoms. The number of hydrogen-bond acceptors (Lipinski definition) is 5. The molecule has 0 unspecified atom stereocenters. The van der Waals surface area contributed by atoms with Gasteiger partial charge in [0.05, 0.1) is 16.3 Å². The number of nitrogens with two attached hydrogens (primary N) is 1. The summed E-state index contributed by atoms with van der Waals surface area (Å²) in [7, 11) is 0. The first kappa shape index (κ1) is 9.65. The van der Waals surface area contributed by atoms with Crippen molar-refractivity contribution in [3.63, 3.8) is 0 Å². The monoisotopic (exact) mass is 216 g/mol. The third kappa shape index (κ3) is 1.96. The minimum Gasteiger partial charge on any atom is -0.324 e. The maximum absolute atomic E-state index is 8.71. The first-order valence-electron chi connectivity index (χ1n) is 4.26. The number of nitrogen functional groups attached to an aromatic ring is 1. The largest absolute Gasteiger partial charge is 0.324 e. The van der Waals surface area contributed by atoms with Crippen LogP contribution in [0.15, 0.2) is 30.5 Å². The molecule has 4 nitrogen and oxygen atoms in total. The number of hydrogen-bond donors (Lipinski definition) is 2. The predicted molar refractivity (Wildman–Crippen MR) is 60.1 cm³/mol. The Balaban J connectivity index is 2.41. The van der Waals surface area contributed by atoms with Crippen LogP contribution in [-0.4, -0.2) is 4.98 Å². The summed E-state index contributed by atoms with van der Waals surface area (Å²) in [6.45, 7) is 0. The Morgan fingerprint density at radius 1 is 1.40 bits per heavy atom. The van der Waals surface area contributed by atoms with Gasteiger partial charge in [0.1, 0.15) is 10.9 Å². The van der Waals surface area contributed by atoms with Gasteiger partial charge in [-0.3, -0.25) is 10.8 Å². The van der Waals surface area contributed by atoms with Gasteiger partial charge in [-0.05, 0) is 24.3 Å². The zero-order valence-corrected chi connectivity index (χ0v) is 8.58. The van der Waals surface area contributed by atoms with E-state index < -0.39 is 0 Å². The minimum atomic E-state index is 0.679. The fourth-order valence-electron chi connectivity index (χ4n) is 1.19. The van der Waals surface area contributed by atoms with Gasteiger partial charge in [-0.15, -0.1) is 11.3 Å². The molecule has 74 valence electrons. The van der Waals surface area contributed by atoms with Crippen LogP contribution < -0.4 is 11.3 Å². The lowest BCUT2D eigenvalue weighted by Crippen LogP contribution is -2.06. The molecule has 0 radical (unpaired) electrons. The molecule has 0 aliphatic heterocycles. The predicted octanol–water partition coefficient (Wildman–Crippen LogP) is 1.97. The van der Waals surface area contributed by atoms with E-state index in [1.54, 1.807) is 18.3 Å². The molecule has 15 heavy (non-hydrogen) atoms. The Morgan fingerprint density at radius 2 is 2.27 bits per heavy atom. The summed E-state index contributed by atoms with van der Waals surface area (Å²) in [5.74, 6) is 5.30. The Kier molecular flexibility index (Phi) is 2.63. The number of rotatable bonds is 2. The van der Waals surface area contributed by atoms with Crippen molar-refractivity contribution in [2.75, 3.05) is 5.43 Å². The Labute approximate surface area is 91.0 Å². The highest BCUT2D eigenvalue weighted by Gasteiger charge is 2.04. The highest BCUT2D eigenvalue weighted by molar-refractivity contribution is 7.15. The van der Waals surface area contributed by atoms with Crippen LogP contribution in [0.3, 0.4) is 0 Å². The number of aromatic nitrogens is 1. The molecule has 3 N–H and O–H groups in total. The Bertz CT molecular complexity index is 512. The highest BCUT2D eigenvalue weighted by Crippen LogP contribution is 2.27. The van der Waals surface area contributed by atoms with Gasteiger partial charge in [0.15, 0.2) is 0 Å². The third-order valence-corrected chi connectivity index (χ3v) is 2.91. The molecule has 0 fully saturated rings. The van der Waals surface area contributed by atoms with Crippen molar-refractivity contribution >= 4 is 17.0 Å². The van der Waals surface area contributed by atoms with Gasteiger partial charge >= 0.3 is 0 Å². The lowest BCUT2D eigenvalue weighted by atomic mass is 10.3. The van der Waals surface area contributed by atoms with E-state index in [1.165, 1.54) is 11.3 Å². The first-order valence-corrected chi connectivity index (χ1v) is 5.08. The van der Waals surface area contributed by atoms with Crippen LogP contribution in [0.2, 0.25) is 0 Å². The number of hydrazine groups is 1. The lowest BCUT2D eigenvalue weighted by Gasteiger charge is -2.00.